The lowest BCUT2D eigenvalue weighted by Gasteiger charge is -2.22. The largest absolute Gasteiger partial charge is 0.393 e. The van der Waals surface area contributed by atoms with E-state index in [-0.39, 0.29) is 6.10 Å². The maximum Gasteiger partial charge on any atom is 0.0512 e. The highest BCUT2D eigenvalue weighted by molar-refractivity contribution is 4.65. The maximum absolute atomic E-state index is 8.80. The van der Waals surface area contributed by atoms with Gasteiger partial charge in [-0.3, -0.25) is 0 Å². The molecule has 0 aromatic carbocycles. The van der Waals surface area contributed by atoms with E-state index in [1.165, 1.54) is 57.8 Å². The molecular formula is C25H52O. The lowest BCUT2D eigenvalue weighted by molar-refractivity contribution is 0.176. The van der Waals surface area contributed by atoms with Gasteiger partial charge in [0.2, 0.25) is 0 Å². The SMILES string of the molecule is C=CC.CC(C)CCC(C)O.CC1CCC(C)CC1.CC1CCCCC1. The lowest BCUT2D eigenvalue weighted by atomic mass is 9.84. The molecule has 0 saturated heterocycles. The van der Waals surface area contributed by atoms with Crippen molar-refractivity contribution in [1.82, 2.24) is 0 Å². The molecule has 2 aliphatic carbocycles. The molecule has 0 radical (unpaired) electrons. The molecule has 2 saturated carbocycles. The average molecular weight is 369 g/mol. The molecule has 0 spiro atoms. The van der Waals surface area contributed by atoms with Crippen LogP contribution in [-0.2, 0) is 0 Å². The van der Waals surface area contributed by atoms with E-state index in [9.17, 15) is 0 Å². The molecule has 2 aliphatic rings. The van der Waals surface area contributed by atoms with Gasteiger partial charge >= 0.3 is 0 Å². The summed E-state index contributed by atoms with van der Waals surface area (Å²) in [6.45, 7) is 18.5. The first-order valence-electron chi connectivity index (χ1n) is 11.5. The monoisotopic (exact) mass is 368 g/mol. The highest BCUT2D eigenvalue weighted by Gasteiger charge is 2.13. The van der Waals surface area contributed by atoms with Crippen molar-refractivity contribution in [2.24, 2.45) is 23.7 Å². The lowest BCUT2D eigenvalue weighted by Crippen LogP contribution is -2.08. The van der Waals surface area contributed by atoms with Crippen molar-refractivity contribution in [2.75, 3.05) is 0 Å². The predicted octanol–water partition coefficient (Wildman–Crippen LogP) is 8.41. The summed E-state index contributed by atoms with van der Waals surface area (Å²) in [5.41, 5.74) is 0. The molecule has 0 aromatic heterocycles. The third-order valence-corrected chi connectivity index (χ3v) is 5.36. The van der Waals surface area contributed by atoms with Gasteiger partial charge < -0.3 is 5.11 Å². The third kappa shape index (κ3) is 23.7. The number of aliphatic hydroxyl groups is 1. The third-order valence-electron chi connectivity index (χ3n) is 5.36. The molecule has 0 aromatic rings. The first-order chi connectivity index (χ1) is 12.2. The van der Waals surface area contributed by atoms with Crippen LogP contribution in [0.1, 0.15) is 119 Å². The van der Waals surface area contributed by atoms with Crippen molar-refractivity contribution in [2.45, 2.75) is 125 Å². The minimum atomic E-state index is -0.114. The number of allylic oxidation sites excluding steroid dienone is 1. The fourth-order valence-corrected chi connectivity index (χ4v) is 3.31. The quantitative estimate of drug-likeness (QED) is 0.496. The van der Waals surface area contributed by atoms with Crippen molar-refractivity contribution >= 4 is 0 Å². The van der Waals surface area contributed by atoms with E-state index in [0.29, 0.717) is 0 Å². The summed E-state index contributed by atoms with van der Waals surface area (Å²) < 4.78 is 0. The van der Waals surface area contributed by atoms with Gasteiger partial charge in [-0.2, -0.15) is 0 Å². The molecule has 2 rings (SSSR count). The van der Waals surface area contributed by atoms with Gasteiger partial charge in [0.05, 0.1) is 6.10 Å². The molecule has 26 heavy (non-hydrogen) atoms. The molecule has 0 amide bonds. The van der Waals surface area contributed by atoms with Gasteiger partial charge in [0.1, 0.15) is 0 Å². The van der Waals surface area contributed by atoms with Crippen LogP contribution in [0.3, 0.4) is 0 Å². The molecular weight excluding hydrogens is 316 g/mol. The Morgan fingerprint density at radius 1 is 0.769 bits per heavy atom. The highest BCUT2D eigenvalue weighted by atomic mass is 16.3. The second-order valence-electron chi connectivity index (χ2n) is 9.34. The van der Waals surface area contributed by atoms with E-state index < -0.39 is 0 Å². The Hall–Kier alpha value is -0.300. The number of rotatable bonds is 3. The standard InChI is InChI=1S/C8H16.C7H16O.C7H14.C3H6/c1-7-3-5-8(2)6-4-7;1-6(2)4-5-7(3)8;1-7-5-3-2-4-6-7;1-3-2/h7-8H,3-6H2,1-2H3;6-8H,4-5H2,1-3H3;7H,2-6H2,1H3;3H,1H2,2H3. The van der Waals surface area contributed by atoms with E-state index in [4.69, 9.17) is 5.11 Å². The summed E-state index contributed by atoms with van der Waals surface area (Å²) in [6, 6.07) is 0. The minimum absolute atomic E-state index is 0.114. The zero-order chi connectivity index (χ0) is 20.4. The average Bonchev–Trinajstić information content (AvgIpc) is 2.58. The van der Waals surface area contributed by atoms with Gasteiger partial charge in [-0.05, 0) is 50.4 Å². The first kappa shape index (κ1) is 27.9. The zero-order valence-corrected chi connectivity index (χ0v) is 19.4. The van der Waals surface area contributed by atoms with Crippen LogP contribution in [-0.4, -0.2) is 11.2 Å². The Morgan fingerprint density at radius 2 is 1.12 bits per heavy atom. The molecule has 0 bridgehead atoms. The molecule has 0 heterocycles. The topological polar surface area (TPSA) is 20.2 Å². The van der Waals surface area contributed by atoms with E-state index >= 15 is 0 Å². The van der Waals surface area contributed by atoms with E-state index in [1.54, 1.807) is 6.08 Å². The molecule has 1 nitrogen and oxygen atoms in total. The highest BCUT2D eigenvalue weighted by Crippen LogP contribution is 2.27. The summed E-state index contributed by atoms with van der Waals surface area (Å²) in [4.78, 5) is 0. The van der Waals surface area contributed by atoms with E-state index in [2.05, 4.69) is 41.2 Å². The van der Waals surface area contributed by atoms with Crippen molar-refractivity contribution in [3.8, 4) is 0 Å². The molecule has 1 N–H and O–H groups in total. The van der Waals surface area contributed by atoms with Crippen molar-refractivity contribution in [3.63, 3.8) is 0 Å². The summed E-state index contributed by atoms with van der Waals surface area (Å²) in [6.07, 6.45) is 17.0. The van der Waals surface area contributed by atoms with Crippen molar-refractivity contribution in [1.29, 1.82) is 0 Å². The smallest absolute Gasteiger partial charge is 0.0512 e. The molecule has 1 unspecified atom stereocenters. The number of hydrogen-bond acceptors (Lipinski definition) is 1. The maximum atomic E-state index is 8.80. The van der Waals surface area contributed by atoms with Gasteiger partial charge in [-0.25, -0.2) is 0 Å². The van der Waals surface area contributed by atoms with Gasteiger partial charge in [-0.15, -0.1) is 6.58 Å². The molecule has 1 atom stereocenters. The fraction of sp³-hybridized carbons (Fsp3) is 0.920. The van der Waals surface area contributed by atoms with Gasteiger partial charge in [0.25, 0.3) is 0 Å². The molecule has 1 heteroatoms. The second-order valence-corrected chi connectivity index (χ2v) is 9.34. The zero-order valence-electron chi connectivity index (χ0n) is 19.4. The number of aliphatic hydroxyl groups excluding tert-OH is 1. The Morgan fingerprint density at radius 3 is 1.31 bits per heavy atom. The van der Waals surface area contributed by atoms with Crippen LogP contribution in [0.25, 0.3) is 0 Å². The van der Waals surface area contributed by atoms with Crippen molar-refractivity contribution in [3.05, 3.63) is 12.7 Å². The van der Waals surface area contributed by atoms with E-state index in [0.717, 1.165) is 36.5 Å². The molecule has 2 fully saturated rings. The summed E-state index contributed by atoms with van der Waals surface area (Å²) in [5.74, 6) is 3.80. The summed E-state index contributed by atoms with van der Waals surface area (Å²) >= 11 is 0. The fourth-order valence-electron chi connectivity index (χ4n) is 3.31. The van der Waals surface area contributed by atoms with Gasteiger partial charge in [-0.1, -0.05) is 98.5 Å². The van der Waals surface area contributed by atoms with Crippen LogP contribution >= 0.6 is 0 Å². The summed E-state index contributed by atoms with van der Waals surface area (Å²) in [5, 5.41) is 8.80. The Labute approximate surface area is 167 Å². The van der Waals surface area contributed by atoms with E-state index in [1.807, 2.05) is 13.8 Å². The van der Waals surface area contributed by atoms with Crippen molar-refractivity contribution < 1.29 is 5.11 Å². The van der Waals surface area contributed by atoms with Gasteiger partial charge in [0.15, 0.2) is 0 Å². The molecule has 0 aliphatic heterocycles. The summed E-state index contributed by atoms with van der Waals surface area (Å²) in [7, 11) is 0. The van der Waals surface area contributed by atoms with Crippen LogP contribution in [0.2, 0.25) is 0 Å². The van der Waals surface area contributed by atoms with Gasteiger partial charge in [0, 0.05) is 0 Å². The Bertz CT molecular complexity index is 250. The van der Waals surface area contributed by atoms with Crippen LogP contribution in [0.5, 0.6) is 0 Å². The Kier molecular flexibility index (Phi) is 20.9. The normalized spacial score (nSPS) is 24.0. The van der Waals surface area contributed by atoms with Crippen LogP contribution in [0, 0.1) is 23.7 Å². The Balaban J connectivity index is 0. The van der Waals surface area contributed by atoms with Crippen LogP contribution in [0.4, 0.5) is 0 Å². The molecule has 158 valence electrons. The first-order valence-corrected chi connectivity index (χ1v) is 11.5. The van der Waals surface area contributed by atoms with Crippen LogP contribution in [0.15, 0.2) is 12.7 Å². The number of hydrogen-bond donors (Lipinski definition) is 1. The minimum Gasteiger partial charge on any atom is -0.393 e. The second kappa shape index (κ2) is 19.5. The van der Waals surface area contributed by atoms with Crippen LogP contribution < -0.4 is 0 Å². The predicted molar refractivity (Wildman–Crippen MR) is 121 cm³/mol.